The Morgan fingerprint density at radius 3 is 2.61 bits per heavy atom. The standard InChI is InChI=1S/C17H24N2O4/c1-17(2,3)23-16(21)19-11-7-10-14(18-19)15(20)22-12-13-8-5-4-6-9-13/h4-6,8-9,14,18H,7,10-12H2,1-3H3/t14-/m1/s1. The lowest BCUT2D eigenvalue weighted by atomic mass is 10.1. The van der Waals surface area contributed by atoms with Gasteiger partial charge in [-0.1, -0.05) is 30.3 Å². The summed E-state index contributed by atoms with van der Waals surface area (Å²) >= 11 is 0. The van der Waals surface area contributed by atoms with Gasteiger partial charge in [-0.3, -0.25) is 4.79 Å². The Kier molecular flexibility index (Phi) is 5.60. The van der Waals surface area contributed by atoms with E-state index in [-0.39, 0.29) is 12.6 Å². The molecule has 6 heteroatoms. The molecule has 126 valence electrons. The van der Waals surface area contributed by atoms with Crippen LogP contribution in [-0.4, -0.2) is 35.3 Å². The Hall–Kier alpha value is -2.08. The van der Waals surface area contributed by atoms with Gasteiger partial charge in [0.15, 0.2) is 0 Å². The van der Waals surface area contributed by atoms with E-state index in [0.29, 0.717) is 13.0 Å². The summed E-state index contributed by atoms with van der Waals surface area (Å²) in [4.78, 5) is 24.2. The van der Waals surface area contributed by atoms with Crippen molar-refractivity contribution < 1.29 is 19.1 Å². The number of esters is 1. The monoisotopic (exact) mass is 320 g/mol. The fourth-order valence-electron chi connectivity index (χ4n) is 2.23. The van der Waals surface area contributed by atoms with Crippen molar-refractivity contribution in [3.63, 3.8) is 0 Å². The number of ether oxygens (including phenoxy) is 2. The van der Waals surface area contributed by atoms with E-state index in [1.54, 1.807) is 20.8 Å². The van der Waals surface area contributed by atoms with Crippen LogP contribution in [0, 0.1) is 0 Å². The van der Waals surface area contributed by atoms with E-state index in [9.17, 15) is 9.59 Å². The zero-order valence-electron chi connectivity index (χ0n) is 13.9. The quantitative estimate of drug-likeness (QED) is 0.867. The number of rotatable bonds is 3. The van der Waals surface area contributed by atoms with Gasteiger partial charge in [-0.05, 0) is 39.2 Å². The lowest BCUT2D eigenvalue weighted by Gasteiger charge is -2.33. The van der Waals surface area contributed by atoms with Crippen LogP contribution in [0.4, 0.5) is 4.79 Å². The van der Waals surface area contributed by atoms with Crippen molar-refractivity contribution in [3.05, 3.63) is 35.9 Å². The third-order valence-electron chi connectivity index (χ3n) is 3.31. The van der Waals surface area contributed by atoms with Gasteiger partial charge >= 0.3 is 12.1 Å². The van der Waals surface area contributed by atoms with Crippen LogP contribution < -0.4 is 5.43 Å². The van der Waals surface area contributed by atoms with Crippen LogP contribution in [0.3, 0.4) is 0 Å². The normalized spacial score (nSPS) is 18.4. The number of benzene rings is 1. The molecule has 0 spiro atoms. The zero-order chi connectivity index (χ0) is 16.9. The summed E-state index contributed by atoms with van der Waals surface area (Å²) in [5.41, 5.74) is 3.26. The van der Waals surface area contributed by atoms with E-state index < -0.39 is 17.7 Å². The molecule has 1 heterocycles. The SMILES string of the molecule is CC(C)(C)OC(=O)N1CCC[C@H](C(=O)OCc2ccccc2)N1. The molecule has 1 saturated heterocycles. The van der Waals surface area contributed by atoms with E-state index in [1.807, 2.05) is 30.3 Å². The van der Waals surface area contributed by atoms with Crippen LogP contribution in [0.25, 0.3) is 0 Å². The highest BCUT2D eigenvalue weighted by atomic mass is 16.6. The van der Waals surface area contributed by atoms with Crippen molar-refractivity contribution in [3.8, 4) is 0 Å². The molecule has 0 unspecified atom stereocenters. The van der Waals surface area contributed by atoms with Crippen LogP contribution in [0.5, 0.6) is 0 Å². The first-order valence-electron chi connectivity index (χ1n) is 7.82. The highest BCUT2D eigenvalue weighted by Gasteiger charge is 2.31. The molecule has 0 saturated carbocycles. The molecular formula is C17H24N2O4. The number of nitrogens with zero attached hydrogens (tertiary/aromatic N) is 1. The fraction of sp³-hybridized carbons (Fsp3) is 0.529. The third kappa shape index (κ3) is 5.56. The van der Waals surface area contributed by atoms with E-state index >= 15 is 0 Å². The molecule has 1 aromatic carbocycles. The highest BCUT2D eigenvalue weighted by molar-refractivity contribution is 5.77. The predicted octanol–water partition coefficient (Wildman–Crippen LogP) is 2.63. The Morgan fingerprint density at radius 2 is 1.96 bits per heavy atom. The summed E-state index contributed by atoms with van der Waals surface area (Å²) in [7, 11) is 0. The molecule has 0 aromatic heterocycles. The molecule has 1 fully saturated rings. The lowest BCUT2D eigenvalue weighted by Crippen LogP contribution is -2.56. The lowest BCUT2D eigenvalue weighted by molar-refractivity contribution is -0.150. The number of amides is 1. The van der Waals surface area contributed by atoms with Crippen LogP contribution in [0.2, 0.25) is 0 Å². The van der Waals surface area contributed by atoms with Crippen molar-refractivity contribution >= 4 is 12.1 Å². The molecule has 23 heavy (non-hydrogen) atoms. The molecule has 6 nitrogen and oxygen atoms in total. The highest BCUT2D eigenvalue weighted by Crippen LogP contribution is 2.14. The second-order valence-electron chi connectivity index (χ2n) is 6.55. The van der Waals surface area contributed by atoms with Crippen LogP contribution >= 0.6 is 0 Å². The van der Waals surface area contributed by atoms with Crippen molar-refractivity contribution in [1.82, 2.24) is 10.4 Å². The van der Waals surface area contributed by atoms with Gasteiger partial charge in [0.2, 0.25) is 0 Å². The van der Waals surface area contributed by atoms with Gasteiger partial charge in [-0.15, -0.1) is 0 Å². The third-order valence-corrected chi connectivity index (χ3v) is 3.31. The van der Waals surface area contributed by atoms with Crippen LogP contribution in [0.1, 0.15) is 39.2 Å². The molecule has 1 N–H and O–H groups in total. The summed E-state index contributed by atoms with van der Waals surface area (Å²) in [6.07, 6.45) is 0.877. The molecule has 0 bridgehead atoms. The summed E-state index contributed by atoms with van der Waals surface area (Å²) in [6, 6.07) is 8.97. The number of carbonyl (C=O) groups excluding carboxylic acids is 2. The molecule has 1 amide bonds. The Morgan fingerprint density at radius 1 is 1.26 bits per heavy atom. The maximum absolute atomic E-state index is 12.2. The van der Waals surface area contributed by atoms with Crippen LogP contribution in [0.15, 0.2) is 30.3 Å². The van der Waals surface area contributed by atoms with Crippen molar-refractivity contribution in [1.29, 1.82) is 0 Å². The fourth-order valence-corrected chi connectivity index (χ4v) is 2.23. The van der Waals surface area contributed by atoms with Crippen molar-refractivity contribution in [2.24, 2.45) is 0 Å². The molecular weight excluding hydrogens is 296 g/mol. The number of carbonyl (C=O) groups is 2. The summed E-state index contributed by atoms with van der Waals surface area (Å²) in [6.45, 7) is 6.16. The minimum absolute atomic E-state index is 0.226. The molecule has 2 rings (SSSR count). The predicted molar refractivity (Wildman–Crippen MR) is 85.3 cm³/mol. The van der Waals surface area contributed by atoms with Gasteiger partial charge in [0.05, 0.1) is 0 Å². The molecule has 1 aliphatic heterocycles. The number of hydrogen-bond acceptors (Lipinski definition) is 5. The van der Waals surface area contributed by atoms with Crippen molar-refractivity contribution in [2.45, 2.75) is 51.9 Å². The molecule has 0 radical (unpaired) electrons. The molecule has 1 aliphatic rings. The Labute approximate surface area is 136 Å². The number of hydrogen-bond donors (Lipinski definition) is 1. The van der Waals surface area contributed by atoms with E-state index in [0.717, 1.165) is 12.0 Å². The van der Waals surface area contributed by atoms with Crippen molar-refractivity contribution in [2.75, 3.05) is 6.54 Å². The summed E-state index contributed by atoms with van der Waals surface area (Å²) < 4.78 is 10.6. The van der Waals surface area contributed by atoms with E-state index in [4.69, 9.17) is 9.47 Å². The average molecular weight is 320 g/mol. The largest absolute Gasteiger partial charge is 0.460 e. The van der Waals surface area contributed by atoms with Gasteiger partial charge in [-0.2, -0.15) is 0 Å². The van der Waals surface area contributed by atoms with Gasteiger partial charge < -0.3 is 9.47 Å². The first-order chi connectivity index (χ1) is 10.8. The zero-order valence-corrected chi connectivity index (χ0v) is 13.9. The molecule has 1 aromatic rings. The second-order valence-corrected chi connectivity index (χ2v) is 6.55. The first-order valence-corrected chi connectivity index (χ1v) is 7.82. The Bertz CT molecular complexity index is 539. The second kappa shape index (κ2) is 7.46. The van der Waals surface area contributed by atoms with E-state index in [1.165, 1.54) is 5.01 Å². The Balaban J connectivity index is 1.85. The summed E-state index contributed by atoms with van der Waals surface area (Å²) in [5.74, 6) is -0.359. The minimum Gasteiger partial charge on any atom is -0.460 e. The topological polar surface area (TPSA) is 67.9 Å². The average Bonchev–Trinajstić information content (AvgIpc) is 2.52. The van der Waals surface area contributed by atoms with Gasteiger partial charge in [0.1, 0.15) is 18.2 Å². The first kappa shape index (κ1) is 17.3. The molecule has 1 atom stereocenters. The molecule has 0 aliphatic carbocycles. The number of hydrazine groups is 1. The van der Waals surface area contributed by atoms with E-state index in [2.05, 4.69) is 5.43 Å². The van der Waals surface area contributed by atoms with Crippen LogP contribution in [-0.2, 0) is 20.9 Å². The van der Waals surface area contributed by atoms with Gasteiger partial charge in [0.25, 0.3) is 0 Å². The van der Waals surface area contributed by atoms with Gasteiger partial charge in [-0.25, -0.2) is 15.2 Å². The minimum atomic E-state index is -0.570. The maximum Gasteiger partial charge on any atom is 0.424 e. The van der Waals surface area contributed by atoms with Gasteiger partial charge in [0, 0.05) is 6.54 Å². The smallest absolute Gasteiger partial charge is 0.424 e. The maximum atomic E-state index is 12.2. The number of nitrogens with one attached hydrogen (secondary N) is 1. The summed E-state index contributed by atoms with van der Waals surface area (Å²) in [5, 5.41) is 1.35.